The largest absolute Gasteiger partial charge is 0.489 e. The Labute approximate surface area is 95.2 Å². The van der Waals surface area contributed by atoms with Crippen molar-refractivity contribution < 1.29 is 14.6 Å². The van der Waals surface area contributed by atoms with Crippen molar-refractivity contribution >= 4 is 0 Å². The molecule has 0 bridgehead atoms. The van der Waals surface area contributed by atoms with E-state index >= 15 is 0 Å². The fraction of sp³-hybridized carbons (Fsp3) is 0.583. The lowest BCUT2D eigenvalue weighted by Gasteiger charge is -2.12. The third kappa shape index (κ3) is 2.03. The lowest BCUT2D eigenvalue weighted by atomic mass is 10.1. The monoisotopic (exact) mass is 223 g/mol. The minimum Gasteiger partial charge on any atom is -0.489 e. The number of ether oxygens (including phenoxy) is 2. The minimum atomic E-state index is -0.0286. The van der Waals surface area contributed by atoms with Crippen molar-refractivity contribution in [2.75, 3.05) is 6.61 Å². The van der Waals surface area contributed by atoms with Gasteiger partial charge in [-0.25, -0.2) is 0 Å². The van der Waals surface area contributed by atoms with E-state index in [0.717, 1.165) is 29.0 Å². The summed E-state index contributed by atoms with van der Waals surface area (Å²) in [6.45, 7) is 5.00. The van der Waals surface area contributed by atoms with E-state index in [-0.39, 0.29) is 12.7 Å². The van der Waals surface area contributed by atoms with Gasteiger partial charge in [0.2, 0.25) is 0 Å². The molecule has 2 heterocycles. The zero-order valence-corrected chi connectivity index (χ0v) is 9.69. The molecule has 16 heavy (non-hydrogen) atoms. The molecule has 0 aromatic carbocycles. The summed E-state index contributed by atoms with van der Waals surface area (Å²) in [5, 5.41) is 9.25. The molecule has 2 rings (SSSR count). The second-order valence-corrected chi connectivity index (χ2v) is 3.99. The maximum absolute atomic E-state index is 9.25. The molecular formula is C12H17NO3. The molecule has 0 saturated heterocycles. The van der Waals surface area contributed by atoms with Crippen molar-refractivity contribution in [3.8, 4) is 5.75 Å². The highest BCUT2D eigenvalue weighted by molar-refractivity contribution is 5.41. The second kappa shape index (κ2) is 4.80. The standard InChI is InChI=1S/C12H17NO3/c1-3-10-6-16-12-8(2)13-4-9(5-14)11(12)7-15-10/h4,10,14H,3,5-7H2,1-2H3. The zero-order chi connectivity index (χ0) is 11.5. The first-order chi connectivity index (χ1) is 7.76. The quantitative estimate of drug-likeness (QED) is 0.826. The first kappa shape index (κ1) is 11.4. The van der Waals surface area contributed by atoms with Crippen LogP contribution in [-0.4, -0.2) is 22.8 Å². The Morgan fingerprint density at radius 1 is 1.56 bits per heavy atom. The third-order valence-electron chi connectivity index (χ3n) is 2.91. The number of aliphatic hydroxyl groups excluding tert-OH is 1. The predicted molar refractivity (Wildman–Crippen MR) is 59.3 cm³/mol. The fourth-order valence-corrected chi connectivity index (χ4v) is 1.82. The number of aliphatic hydroxyl groups is 1. The molecule has 1 aromatic rings. The van der Waals surface area contributed by atoms with Gasteiger partial charge in [-0.3, -0.25) is 4.98 Å². The van der Waals surface area contributed by atoms with Crippen LogP contribution in [0.5, 0.6) is 5.75 Å². The van der Waals surface area contributed by atoms with Crippen molar-refractivity contribution in [3.63, 3.8) is 0 Å². The molecule has 88 valence electrons. The van der Waals surface area contributed by atoms with Crippen molar-refractivity contribution in [2.45, 2.75) is 39.6 Å². The van der Waals surface area contributed by atoms with E-state index in [1.165, 1.54) is 0 Å². The molecule has 4 nitrogen and oxygen atoms in total. The van der Waals surface area contributed by atoms with Gasteiger partial charge in [0.05, 0.1) is 25.0 Å². The molecule has 4 heteroatoms. The van der Waals surface area contributed by atoms with Gasteiger partial charge in [-0.1, -0.05) is 6.92 Å². The van der Waals surface area contributed by atoms with Crippen LogP contribution in [0.15, 0.2) is 6.20 Å². The number of nitrogens with zero attached hydrogens (tertiary/aromatic N) is 1. The van der Waals surface area contributed by atoms with Crippen molar-refractivity contribution in [1.29, 1.82) is 0 Å². The number of aromatic nitrogens is 1. The molecular weight excluding hydrogens is 206 g/mol. The second-order valence-electron chi connectivity index (χ2n) is 3.99. The Kier molecular flexibility index (Phi) is 3.41. The van der Waals surface area contributed by atoms with Crippen molar-refractivity contribution in [3.05, 3.63) is 23.0 Å². The SMILES string of the molecule is CCC1COc2c(C)ncc(CO)c2CO1. The topological polar surface area (TPSA) is 51.6 Å². The molecule has 0 radical (unpaired) electrons. The van der Waals surface area contributed by atoms with Gasteiger partial charge in [0.1, 0.15) is 12.4 Å². The molecule has 1 aliphatic rings. The molecule has 1 N–H and O–H groups in total. The lowest BCUT2D eigenvalue weighted by molar-refractivity contribution is 0.0208. The molecule has 0 amide bonds. The summed E-state index contributed by atoms with van der Waals surface area (Å²) in [6.07, 6.45) is 2.74. The van der Waals surface area contributed by atoms with E-state index in [9.17, 15) is 5.11 Å². The van der Waals surface area contributed by atoms with Gasteiger partial charge in [-0.2, -0.15) is 0 Å². The van der Waals surface area contributed by atoms with Crippen LogP contribution in [0, 0.1) is 6.92 Å². The summed E-state index contributed by atoms with van der Waals surface area (Å²) in [4.78, 5) is 4.22. The highest BCUT2D eigenvalue weighted by atomic mass is 16.5. The van der Waals surface area contributed by atoms with Crippen LogP contribution in [0.1, 0.15) is 30.2 Å². The van der Waals surface area contributed by atoms with E-state index in [4.69, 9.17) is 9.47 Å². The van der Waals surface area contributed by atoms with Crippen LogP contribution in [0.4, 0.5) is 0 Å². The predicted octanol–water partition coefficient (Wildman–Crippen LogP) is 1.57. The smallest absolute Gasteiger partial charge is 0.146 e. The Morgan fingerprint density at radius 2 is 2.38 bits per heavy atom. The van der Waals surface area contributed by atoms with Gasteiger partial charge >= 0.3 is 0 Å². The van der Waals surface area contributed by atoms with E-state index in [1.54, 1.807) is 6.20 Å². The van der Waals surface area contributed by atoms with Crippen LogP contribution in [0.3, 0.4) is 0 Å². The number of fused-ring (bicyclic) bond motifs is 1. The lowest BCUT2D eigenvalue weighted by Crippen LogP contribution is -2.17. The van der Waals surface area contributed by atoms with Crippen LogP contribution in [-0.2, 0) is 18.0 Å². The molecule has 0 aliphatic carbocycles. The van der Waals surface area contributed by atoms with Crippen LogP contribution in [0.2, 0.25) is 0 Å². The van der Waals surface area contributed by atoms with E-state index in [2.05, 4.69) is 11.9 Å². The van der Waals surface area contributed by atoms with Crippen LogP contribution < -0.4 is 4.74 Å². The highest BCUT2D eigenvalue weighted by Gasteiger charge is 2.20. The average Bonchev–Trinajstić information content (AvgIpc) is 2.53. The number of pyridine rings is 1. The Bertz CT molecular complexity index is 379. The number of hydrogen-bond donors (Lipinski definition) is 1. The van der Waals surface area contributed by atoms with Gasteiger partial charge in [0.25, 0.3) is 0 Å². The summed E-state index contributed by atoms with van der Waals surface area (Å²) in [7, 11) is 0. The van der Waals surface area contributed by atoms with Gasteiger partial charge in [-0.15, -0.1) is 0 Å². The minimum absolute atomic E-state index is 0.0286. The van der Waals surface area contributed by atoms with E-state index in [1.807, 2.05) is 6.92 Å². The summed E-state index contributed by atoms with van der Waals surface area (Å²) in [5.74, 6) is 0.780. The molecule has 0 fully saturated rings. The Morgan fingerprint density at radius 3 is 3.06 bits per heavy atom. The van der Waals surface area contributed by atoms with Crippen molar-refractivity contribution in [2.24, 2.45) is 0 Å². The Balaban J connectivity index is 2.35. The number of aryl methyl sites for hydroxylation is 1. The maximum atomic E-state index is 9.25. The summed E-state index contributed by atoms with van der Waals surface area (Å²) in [5.41, 5.74) is 2.58. The van der Waals surface area contributed by atoms with E-state index in [0.29, 0.717) is 13.2 Å². The highest BCUT2D eigenvalue weighted by Crippen LogP contribution is 2.29. The van der Waals surface area contributed by atoms with E-state index < -0.39 is 0 Å². The zero-order valence-electron chi connectivity index (χ0n) is 9.69. The number of hydrogen-bond acceptors (Lipinski definition) is 4. The third-order valence-corrected chi connectivity index (χ3v) is 2.91. The summed E-state index contributed by atoms with van der Waals surface area (Å²) >= 11 is 0. The van der Waals surface area contributed by atoms with Gasteiger partial charge < -0.3 is 14.6 Å². The molecule has 1 aromatic heterocycles. The molecule has 1 unspecified atom stereocenters. The fourth-order valence-electron chi connectivity index (χ4n) is 1.82. The first-order valence-corrected chi connectivity index (χ1v) is 5.58. The normalized spacial score (nSPS) is 19.8. The maximum Gasteiger partial charge on any atom is 0.146 e. The van der Waals surface area contributed by atoms with Gasteiger partial charge in [0.15, 0.2) is 0 Å². The van der Waals surface area contributed by atoms with Crippen molar-refractivity contribution in [1.82, 2.24) is 4.98 Å². The summed E-state index contributed by atoms with van der Waals surface area (Å²) in [6, 6.07) is 0. The molecule has 0 spiro atoms. The molecule has 1 atom stereocenters. The Hall–Kier alpha value is -1.13. The van der Waals surface area contributed by atoms with Crippen LogP contribution in [0.25, 0.3) is 0 Å². The van der Waals surface area contributed by atoms with Gasteiger partial charge in [0, 0.05) is 17.3 Å². The molecule has 0 saturated carbocycles. The average molecular weight is 223 g/mol. The van der Waals surface area contributed by atoms with Crippen LogP contribution >= 0.6 is 0 Å². The number of rotatable bonds is 2. The summed E-state index contributed by atoms with van der Waals surface area (Å²) < 4.78 is 11.4. The first-order valence-electron chi connectivity index (χ1n) is 5.58. The molecule has 1 aliphatic heterocycles. The van der Waals surface area contributed by atoms with Gasteiger partial charge in [-0.05, 0) is 13.3 Å².